The molecule has 0 bridgehead atoms. The third-order valence-corrected chi connectivity index (χ3v) is 4.73. The third kappa shape index (κ3) is 3.79. The molecule has 0 saturated heterocycles. The lowest BCUT2D eigenvalue weighted by Gasteiger charge is -2.38. The first-order valence-electron chi connectivity index (χ1n) is 7.68. The van der Waals surface area contributed by atoms with Gasteiger partial charge in [0.1, 0.15) is 0 Å². The standard InChI is InChI=1S/C17H15F6NO3/c1-8-2-3-15(13(24)25,14(26)27)12(4-8)9-5-10(16(18,19)20)7-11(6-9)17(21,22)23/h2,5-7,12H,3-4H2,1H3,(H2,24,25)(H,26,27). The number of hydrogen-bond acceptors (Lipinski definition) is 2. The topological polar surface area (TPSA) is 80.4 Å². The number of carbonyl (C=O) groups excluding carboxylic acids is 1. The zero-order chi connectivity index (χ0) is 20.8. The molecule has 0 aromatic heterocycles. The molecule has 1 aliphatic carbocycles. The monoisotopic (exact) mass is 395 g/mol. The molecular formula is C17H15F6NO3. The lowest BCUT2D eigenvalue weighted by atomic mass is 9.63. The average molecular weight is 395 g/mol. The van der Waals surface area contributed by atoms with Gasteiger partial charge in [-0.2, -0.15) is 26.3 Å². The Morgan fingerprint density at radius 3 is 1.93 bits per heavy atom. The number of nitrogens with two attached hydrogens (primary N) is 1. The molecule has 2 atom stereocenters. The van der Waals surface area contributed by atoms with Crippen LogP contribution >= 0.6 is 0 Å². The van der Waals surface area contributed by atoms with Crippen molar-refractivity contribution < 1.29 is 41.0 Å². The van der Waals surface area contributed by atoms with Gasteiger partial charge < -0.3 is 10.8 Å². The average Bonchev–Trinajstić information content (AvgIpc) is 2.52. The molecule has 1 aromatic carbocycles. The fourth-order valence-electron chi connectivity index (χ4n) is 3.25. The number of primary amides is 1. The Morgan fingerprint density at radius 2 is 1.56 bits per heavy atom. The molecule has 0 saturated carbocycles. The van der Waals surface area contributed by atoms with Gasteiger partial charge in [-0.3, -0.25) is 9.59 Å². The van der Waals surface area contributed by atoms with E-state index < -0.39 is 58.7 Å². The third-order valence-electron chi connectivity index (χ3n) is 4.73. The molecule has 1 aliphatic rings. The van der Waals surface area contributed by atoms with Crippen LogP contribution in [0, 0.1) is 5.41 Å². The van der Waals surface area contributed by atoms with E-state index in [1.165, 1.54) is 13.0 Å². The van der Waals surface area contributed by atoms with Crippen LogP contribution in [0.4, 0.5) is 26.3 Å². The van der Waals surface area contributed by atoms with E-state index in [1.54, 1.807) is 0 Å². The van der Waals surface area contributed by atoms with Crippen LogP contribution < -0.4 is 5.73 Å². The van der Waals surface area contributed by atoms with Crippen molar-refractivity contribution in [2.24, 2.45) is 11.1 Å². The molecule has 4 nitrogen and oxygen atoms in total. The molecule has 1 aromatic rings. The van der Waals surface area contributed by atoms with E-state index in [-0.39, 0.29) is 12.5 Å². The maximum atomic E-state index is 13.1. The van der Waals surface area contributed by atoms with Gasteiger partial charge in [0.25, 0.3) is 0 Å². The van der Waals surface area contributed by atoms with Gasteiger partial charge >= 0.3 is 18.3 Å². The lowest BCUT2D eigenvalue weighted by Crippen LogP contribution is -2.49. The minimum absolute atomic E-state index is 0.0538. The van der Waals surface area contributed by atoms with Crippen LogP contribution in [0.3, 0.4) is 0 Å². The van der Waals surface area contributed by atoms with Crippen LogP contribution in [0.2, 0.25) is 0 Å². The van der Waals surface area contributed by atoms with E-state index in [1.807, 2.05) is 0 Å². The molecule has 2 rings (SSSR count). The second-order valence-electron chi connectivity index (χ2n) is 6.49. The van der Waals surface area contributed by atoms with Crippen LogP contribution in [0.5, 0.6) is 0 Å². The second-order valence-corrected chi connectivity index (χ2v) is 6.49. The van der Waals surface area contributed by atoms with Crippen LogP contribution in [0.1, 0.15) is 42.4 Å². The Balaban J connectivity index is 2.78. The van der Waals surface area contributed by atoms with Crippen molar-refractivity contribution in [1.29, 1.82) is 0 Å². The van der Waals surface area contributed by atoms with Crippen molar-refractivity contribution in [3.8, 4) is 0 Å². The van der Waals surface area contributed by atoms with Gasteiger partial charge in [-0.25, -0.2) is 0 Å². The molecule has 0 spiro atoms. The summed E-state index contributed by atoms with van der Waals surface area (Å²) in [7, 11) is 0. The molecule has 10 heteroatoms. The first-order valence-corrected chi connectivity index (χ1v) is 7.68. The summed E-state index contributed by atoms with van der Waals surface area (Å²) in [6, 6.07) is 0.833. The number of halogens is 6. The van der Waals surface area contributed by atoms with E-state index in [4.69, 9.17) is 5.73 Å². The van der Waals surface area contributed by atoms with Gasteiger partial charge in [-0.1, -0.05) is 11.6 Å². The zero-order valence-corrected chi connectivity index (χ0v) is 13.9. The molecule has 0 aliphatic heterocycles. The Hall–Kier alpha value is -2.52. The van der Waals surface area contributed by atoms with Crippen LogP contribution in [0.15, 0.2) is 29.8 Å². The summed E-state index contributed by atoms with van der Waals surface area (Å²) in [4.78, 5) is 23.7. The van der Waals surface area contributed by atoms with E-state index >= 15 is 0 Å². The number of carboxylic acid groups (broad SMARTS) is 1. The van der Waals surface area contributed by atoms with Crippen molar-refractivity contribution in [2.75, 3.05) is 0 Å². The quantitative estimate of drug-likeness (QED) is 0.459. The van der Waals surface area contributed by atoms with Gasteiger partial charge in [0.05, 0.1) is 11.1 Å². The van der Waals surface area contributed by atoms with E-state index in [2.05, 4.69) is 0 Å². The number of aliphatic carboxylic acids is 1. The van der Waals surface area contributed by atoms with Crippen LogP contribution in [-0.4, -0.2) is 17.0 Å². The highest BCUT2D eigenvalue weighted by Crippen LogP contribution is 2.49. The summed E-state index contributed by atoms with van der Waals surface area (Å²) in [5.74, 6) is -4.50. The molecule has 1 amide bonds. The number of amides is 1. The van der Waals surface area contributed by atoms with Crippen molar-refractivity contribution >= 4 is 11.9 Å². The number of allylic oxidation sites excluding steroid dienone is 2. The Labute approximate surface area is 149 Å². The normalized spacial score (nSPS) is 23.7. The first kappa shape index (κ1) is 20.8. The summed E-state index contributed by atoms with van der Waals surface area (Å²) in [6.07, 6.45) is -9.42. The molecular weight excluding hydrogens is 380 g/mol. The minimum Gasteiger partial charge on any atom is -0.480 e. The van der Waals surface area contributed by atoms with Gasteiger partial charge in [-0.05, 0) is 43.5 Å². The summed E-state index contributed by atoms with van der Waals surface area (Å²) in [5.41, 5.74) is -0.289. The Kier molecular flexibility index (Phi) is 5.06. The summed E-state index contributed by atoms with van der Waals surface area (Å²) in [6.45, 7) is 1.54. The highest BCUT2D eigenvalue weighted by molar-refractivity contribution is 6.02. The molecule has 27 heavy (non-hydrogen) atoms. The maximum absolute atomic E-state index is 13.1. The van der Waals surface area contributed by atoms with Gasteiger partial charge in [0.15, 0.2) is 5.41 Å². The molecule has 0 heterocycles. The van der Waals surface area contributed by atoms with Crippen LogP contribution in [0.25, 0.3) is 0 Å². The molecule has 2 unspecified atom stereocenters. The van der Waals surface area contributed by atoms with Gasteiger partial charge in [0, 0.05) is 5.92 Å². The molecule has 0 fully saturated rings. The highest BCUT2D eigenvalue weighted by atomic mass is 19.4. The minimum atomic E-state index is -5.09. The van der Waals surface area contributed by atoms with Crippen molar-refractivity contribution in [3.63, 3.8) is 0 Å². The number of benzene rings is 1. The second kappa shape index (κ2) is 6.58. The Morgan fingerprint density at radius 1 is 1.07 bits per heavy atom. The Bertz CT molecular complexity index is 764. The highest BCUT2D eigenvalue weighted by Gasteiger charge is 2.53. The number of carbonyl (C=O) groups is 2. The number of alkyl halides is 6. The van der Waals surface area contributed by atoms with Crippen molar-refractivity contribution in [3.05, 3.63) is 46.5 Å². The molecule has 0 radical (unpaired) electrons. The van der Waals surface area contributed by atoms with Crippen LogP contribution in [-0.2, 0) is 21.9 Å². The zero-order valence-electron chi connectivity index (χ0n) is 13.9. The fraction of sp³-hybridized carbons (Fsp3) is 0.412. The van der Waals surface area contributed by atoms with E-state index in [0.717, 1.165) is 0 Å². The molecule has 148 valence electrons. The van der Waals surface area contributed by atoms with Gasteiger partial charge in [-0.15, -0.1) is 0 Å². The van der Waals surface area contributed by atoms with E-state index in [9.17, 15) is 41.0 Å². The largest absolute Gasteiger partial charge is 0.480 e. The summed E-state index contributed by atoms with van der Waals surface area (Å²) in [5, 5.41) is 9.56. The summed E-state index contributed by atoms with van der Waals surface area (Å²) < 4.78 is 78.6. The molecule has 3 N–H and O–H groups in total. The van der Waals surface area contributed by atoms with Crippen molar-refractivity contribution in [1.82, 2.24) is 0 Å². The lowest BCUT2D eigenvalue weighted by molar-refractivity contribution is -0.156. The predicted molar refractivity (Wildman–Crippen MR) is 81.4 cm³/mol. The first-order chi connectivity index (χ1) is 12.2. The van der Waals surface area contributed by atoms with E-state index in [0.29, 0.717) is 17.7 Å². The van der Waals surface area contributed by atoms with Gasteiger partial charge in [0.2, 0.25) is 5.91 Å². The smallest absolute Gasteiger partial charge is 0.416 e. The maximum Gasteiger partial charge on any atom is 0.416 e. The number of carboxylic acids is 1. The number of hydrogen-bond donors (Lipinski definition) is 2. The SMILES string of the molecule is CC1=CCC(C(N)=O)(C(=O)O)C(c2cc(C(F)(F)F)cc(C(F)(F)F)c2)C1. The number of rotatable bonds is 3. The fourth-order valence-corrected chi connectivity index (χ4v) is 3.25. The summed E-state index contributed by atoms with van der Waals surface area (Å²) >= 11 is 0. The predicted octanol–water partition coefficient (Wildman–Crippen LogP) is 4.10. The van der Waals surface area contributed by atoms with Crippen molar-refractivity contribution in [2.45, 2.75) is 38.0 Å².